The summed E-state index contributed by atoms with van der Waals surface area (Å²) in [7, 11) is -3.11. The standard InChI is InChI=1S/C17H30N2O3S/c1-2-23(21,22)18-12-9-15(10-13-18)17(20)19-11-5-7-14-6-3-4-8-16(14)19/h14-16H,2-13H2,1H3. The summed E-state index contributed by atoms with van der Waals surface area (Å²) >= 11 is 0. The van der Waals surface area contributed by atoms with Crippen LogP contribution in [0.15, 0.2) is 0 Å². The number of sulfonamides is 1. The number of nitrogens with zero attached hydrogens (tertiary/aromatic N) is 2. The van der Waals surface area contributed by atoms with Crippen LogP contribution in [0.1, 0.15) is 58.3 Å². The first-order valence-corrected chi connectivity index (χ1v) is 10.9. The zero-order chi connectivity index (χ0) is 16.4. The van der Waals surface area contributed by atoms with Crippen LogP contribution in [0, 0.1) is 11.8 Å². The van der Waals surface area contributed by atoms with Crippen molar-refractivity contribution in [2.45, 2.75) is 64.3 Å². The van der Waals surface area contributed by atoms with Gasteiger partial charge in [0.2, 0.25) is 15.9 Å². The Morgan fingerprint density at radius 1 is 0.957 bits per heavy atom. The van der Waals surface area contributed by atoms with Crippen molar-refractivity contribution in [1.29, 1.82) is 0 Å². The van der Waals surface area contributed by atoms with Crippen LogP contribution in [0.2, 0.25) is 0 Å². The van der Waals surface area contributed by atoms with Crippen LogP contribution in [-0.4, -0.2) is 55.0 Å². The molecule has 1 aliphatic carbocycles. The molecule has 0 bridgehead atoms. The second kappa shape index (κ2) is 7.09. The molecule has 3 rings (SSSR count). The molecule has 0 aromatic rings. The molecule has 6 heteroatoms. The van der Waals surface area contributed by atoms with Gasteiger partial charge in [-0.1, -0.05) is 12.8 Å². The monoisotopic (exact) mass is 342 g/mol. The molecule has 0 aromatic carbocycles. The zero-order valence-electron chi connectivity index (χ0n) is 14.2. The van der Waals surface area contributed by atoms with E-state index in [4.69, 9.17) is 0 Å². The minimum absolute atomic E-state index is 0.0268. The number of amides is 1. The lowest BCUT2D eigenvalue weighted by Gasteiger charge is -2.46. The van der Waals surface area contributed by atoms with Gasteiger partial charge in [-0.15, -0.1) is 0 Å². The first kappa shape index (κ1) is 17.2. The number of piperidine rings is 2. The van der Waals surface area contributed by atoms with Crippen molar-refractivity contribution >= 4 is 15.9 Å². The Kier molecular flexibility index (Phi) is 5.31. The summed E-state index contributed by atoms with van der Waals surface area (Å²) in [6, 6.07) is 0.461. The highest BCUT2D eigenvalue weighted by Crippen LogP contribution is 2.36. The van der Waals surface area contributed by atoms with E-state index in [2.05, 4.69) is 4.90 Å². The molecule has 2 saturated heterocycles. The van der Waals surface area contributed by atoms with Crippen LogP contribution in [-0.2, 0) is 14.8 Å². The Bertz CT molecular complexity index is 524. The van der Waals surface area contributed by atoms with Gasteiger partial charge in [-0.05, 0) is 51.4 Å². The molecule has 132 valence electrons. The van der Waals surface area contributed by atoms with Gasteiger partial charge < -0.3 is 4.90 Å². The fourth-order valence-electron chi connectivity index (χ4n) is 4.70. The van der Waals surface area contributed by atoms with E-state index in [9.17, 15) is 13.2 Å². The molecule has 2 heterocycles. The number of hydrogen-bond acceptors (Lipinski definition) is 3. The lowest BCUT2D eigenvalue weighted by Crippen LogP contribution is -2.53. The largest absolute Gasteiger partial charge is 0.339 e. The van der Waals surface area contributed by atoms with E-state index in [0.29, 0.717) is 43.8 Å². The summed E-state index contributed by atoms with van der Waals surface area (Å²) in [6.07, 6.45) is 8.80. The van der Waals surface area contributed by atoms with Gasteiger partial charge in [0.15, 0.2) is 0 Å². The van der Waals surface area contributed by atoms with Gasteiger partial charge in [-0.2, -0.15) is 0 Å². The smallest absolute Gasteiger partial charge is 0.226 e. The van der Waals surface area contributed by atoms with Crippen molar-refractivity contribution in [3.8, 4) is 0 Å². The summed E-state index contributed by atoms with van der Waals surface area (Å²) in [6.45, 7) is 3.61. The van der Waals surface area contributed by atoms with Gasteiger partial charge in [-0.25, -0.2) is 12.7 Å². The lowest BCUT2D eigenvalue weighted by atomic mass is 9.77. The van der Waals surface area contributed by atoms with Crippen LogP contribution >= 0.6 is 0 Å². The van der Waals surface area contributed by atoms with Crippen molar-refractivity contribution in [1.82, 2.24) is 9.21 Å². The van der Waals surface area contributed by atoms with Gasteiger partial charge in [-0.3, -0.25) is 4.79 Å². The van der Waals surface area contributed by atoms with Crippen LogP contribution in [0.4, 0.5) is 0 Å². The van der Waals surface area contributed by atoms with E-state index in [-0.39, 0.29) is 11.7 Å². The maximum Gasteiger partial charge on any atom is 0.226 e. The lowest BCUT2D eigenvalue weighted by molar-refractivity contribution is -0.143. The third kappa shape index (κ3) is 3.58. The maximum absolute atomic E-state index is 13.0. The first-order chi connectivity index (χ1) is 11.0. The molecule has 3 fully saturated rings. The number of rotatable bonds is 3. The van der Waals surface area contributed by atoms with E-state index in [1.165, 1.54) is 32.1 Å². The molecule has 2 atom stereocenters. The van der Waals surface area contributed by atoms with Gasteiger partial charge in [0, 0.05) is 31.6 Å². The number of fused-ring (bicyclic) bond motifs is 1. The van der Waals surface area contributed by atoms with Gasteiger partial charge in [0.25, 0.3) is 0 Å². The summed E-state index contributed by atoms with van der Waals surface area (Å²) in [5.41, 5.74) is 0. The van der Waals surface area contributed by atoms with Crippen LogP contribution in [0.3, 0.4) is 0 Å². The van der Waals surface area contributed by atoms with Crippen molar-refractivity contribution < 1.29 is 13.2 Å². The quantitative estimate of drug-likeness (QED) is 0.790. The normalized spacial score (nSPS) is 30.9. The molecule has 1 amide bonds. The topological polar surface area (TPSA) is 57.7 Å². The molecule has 2 aliphatic heterocycles. The summed E-state index contributed by atoms with van der Waals surface area (Å²) in [4.78, 5) is 15.2. The minimum atomic E-state index is -3.11. The molecule has 23 heavy (non-hydrogen) atoms. The van der Waals surface area contributed by atoms with Gasteiger partial charge in [0.05, 0.1) is 5.75 Å². The molecule has 0 radical (unpaired) electrons. The zero-order valence-corrected chi connectivity index (χ0v) is 15.1. The molecular formula is C17H30N2O3S. The Morgan fingerprint density at radius 3 is 2.30 bits per heavy atom. The Labute approximate surface area is 140 Å². The predicted octanol–water partition coefficient (Wildman–Crippen LogP) is 2.23. The molecule has 0 aromatic heterocycles. The van der Waals surface area contributed by atoms with Crippen molar-refractivity contribution in [2.24, 2.45) is 11.8 Å². The Morgan fingerprint density at radius 2 is 1.61 bits per heavy atom. The minimum Gasteiger partial charge on any atom is -0.339 e. The molecule has 0 N–H and O–H groups in total. The Balaban J connectivity index is 1.61. The highest BCUT2D eigenvalue weighted by atomic mass is 32.2. The van der Waals surface area contributed by atoms with Crippen LogP contribution in [0.5, 0.6) is 0 Å². The van der Waals surface area contributed by atoms with Crippen molar-refractivity contribution in [3.63, 3.8) is 0 Å². The molecule has 1 saturated carbocycles. The fourth-order valence-corrected chi connectivity index (χ4v) is 5.83. The van der Waals surface area contributed by atoms with E-state index in [1.807, 2.05) is 0 Å². The highest BCUT2D eigenvalue weighted by Gasteiger charge is 2.39. The second-order valence-electron chi connectivity index (χ2n) is 7.36. The van der Waals surface area contributed by atoms with E-state index >= 15 is 0 Å². The van der Waals surface area contributed by atoms with E-state index in [0.717, 1.165) is 13.0 Å². The van der Waals surface area contributed by atoms with E-state index < -0.39 is 10.0 Å². The third-order valence-electron chi connectivity index (χ3n) is 6.09. The molecular weight excluding hydrogens is 312 g/mol. The SMILES string of the molecule is CCS(=O)(=O)N1CCC(C(=O)N2CCCC3CCCCC32)CC1. The predicted molar refractivity (Wildman–Crippen MR) is 90.5 cm³/mol. The average Bonchev–Trinajstić information content (AvgIpc) is 2.60. The molecule has 5 nitrogen and oxygen atoms in total. The van der Waals surface area contributed by atoms with Crippen molar-refractivity contribution in [3.05, 3.63) is 0 Å². The summed E-state index contributed by atoms with van der Waals surface area (Å²) in [5.74, 6) is 1.19. The Hall–Kier alpha value is -0.620. The third-order valence-corrected chi connectivity index (χ3v) is 7.97. The van der Waals surface area contributed by atoms with Gasteiger partial charge in [0.1, 0.15) is 0 Å². The van der Waals surface area contributed by atoms with Crippen LogP contribution < -0.4 is 0 Å². The number of likely N-dealkylation sites (tertiary alicyclic amines) is 1. The molecule has 3 aliphatic rings. The summed E-state index contributed by atoms with van der Waals surface area (Å²) < 4.78 is 25.5. The maximum atomic E-state index is 13.0. The highest BCUT2D eigenvalue weighted by molar-refractivity contribution is 7.89. The first-order valence-electron chi connectivity index (χ1n) is 9.31. The molecule has 2 unspecified atom stereocenters. The number of carbonyl (C=O) groups excluding carboxylic acids is 1. The number of carbonyl (C=O) groups is 1. The number of hydrogen-bond donors (Lipinski definition) is 0. The van der Waals surface area contributed by atoms with Crippen LogP contribution in [0.25, 0.3) is 0 Å². The fraction of sp³-hybridized carbons (Fsp3) is 0.941. The van der Waals surface area contributed by atoms with E-state index in [1.54, 1.807) is 11.2 Å². The second-order valence-corrected chi connectivity index (χ2v) is 9.62. The average molecular weight is 343 g/mol. The van der Waals surface area contributed by atoms with Crippen molar-refractivity contribution in [2.75, 3.05) is 25.4 Å². The van der Waals surface area contributed by atoms with Gasteiger partial charge >= 0.3 is 0 Å². The summed E-state index contributed by atoms with van der Waals surface area (Å²) in [5, 5.41) is 0. The molecule has 0 spiro atoms.